The second-order valence-electron chi connectivity index (χ2n) is 7.67. The number of carbonyl (C=O) groups excluding carboxylic acids is 1. The van der Waals surface area contributed by atoms with Gasteiger partial charge in [-0.05, 0) is 37.5 Å². The topological polar surface area (TPSA) is 70.6 Å². The summed E-state index contributed by atoms with van der Waals surface area (Å²) in [6.07, 6.45) is 3.36. The largest absolute Gasteiger partial charge is 0.280 e. The molecule has 1 aliphatic heterocycles. The van der Waals surface area contributed by atoms with Crippen LogP contribution in [0, 0.1) is 6.92 Å². The van der Waals surface area contributed by atoms with E-state index in [4.69, 9.17) is 0 Å². The fourth-order valence-electron chi connectivity index (χ4n) is 3.72. The van der Waals surface area contributed by atoms with E-state index < -0.39 is 10.0 Å². The Kier molecular flexibility index (Phi) is 6.55. The molecule has 32 heavy (non-hydrogen) atoms. The number of aromatic nitrogens is 1. The highest BCUT2D eigenvalue weighted by atomic mass is 32.2. The van der Waals surface area contributed by atoms with E-state index in [1.807, 2.05) is 42.6 Å². The van der Waals surface area contributed by atoms with Crippen molar-refractivity contribution < 1.29 is 13.2 Å². The number of benzene rings is 2. The first-order valence-electron chi connectivity index (χ1n) is 10.5. The lowest BCUT2D eigenvalue weighted by Gasteiger charge is -2.21. The first-order valence-corrected chi connectivity index (χ1v) is 12.8. The molecular formula is C24H25N3O3S2. The zero-order chi connectivity index (χ0) is 22.7. The van der Waals surface area contributed by atoms with Gasteiger partial charge in [0.25, 0.3) is 5.91 Å². The van der Waals surface area contributed by atoms with Crippen molar-refractivity contribution in [1.82, 2.24) is 9.29 Å². The summed E-state index contributed by atoms with van der Waals surface area (Å²) < 4.78 is 27.5. The number of thiazole rings is 1. The lowest BCUT2D eigenvalue weighted by Crippen LogP contribution is -2.32. The normalized spacial score (nSPS) is 14.4. The summed E-state index contributed by atoms with van der Waals surface area (Å²) in [6.45, 7) is 6.89. The summed E-state index contributed by atoms with van der Waals surface area (Å²) in [6, 6.07) is 14.5. The van der Waals surface area contributed by atoms with E-state index in [1.54, 1.807) is 23.1 Å². The van der Waals surface area contributed by atoms with E-state index >= 15 is 0 Å². The predicted octanol–water partition coefficient (Wildman–Crippen LogP) is 4.74. The highest BCUT2D eigenvalue weighted by molar-refractivity contribution is 7.89. The van der Waals surface area contributed by atoms with Crippen molar-refractivity contribution in [3.63, 3.8) is 0 Å². The van der Waals surface area contributed by atoms with Gasteiger partial charge in [-0.3, -0.25) is 9.69 Å². The highest BCUT2D eigenvalue weighted by Gasteiger charge is 2.29. The first kappa shape index (κ1) is 22.4. The minimum atomic E-state index is -3.62. The fraction of sp³-hybridized carbons (Fsp3) is 0.250. The summed E-state index contributed by atoms with van der Waals surface area (Å²) in [5, 5.41) is 2.45. The van der Waals surface area contributed by atoms with Gasteiger partial charge in [0.2, 0.25) is 10.0 Å². The van der Waals surface area contributed by atoms with E-state index in [0.717, 1.165) is 24.1 Å². The van der Waals surface area contributed by atoms with Crippen molar-refractivity contribution in [3.8, 4) is 11.3 Å². The van der Waals surface area contributed by atoms with Crippen LogP contribution in [0.3, 0.4) is 0 Å². The molecule has 2 heterocycles. The molecule has 1 aromatic heterocycles. The van der Waals surface area contributed by atoms with Gasteiger partial charge in [-0.1, -0.05) is 42.5 Å². The molecule has 0 atom stereocenters. The van der Waals surface area contributed by atoms with Crippen molar-refractivity contribution >= 4 is 32.4 Å². The number of hydrogen-bond acceptors (Lipinski definition) is 5. The standard InChI is InChI=1S/C24H25N3O3S2/c1-3-13-27(24-25-22(17-31-24)19-9-5-4-6-10-19)23(28)21-16-20(12-11-18(21)2)32(29,30)26-14-7-8-15-26/h3-6,9-12,16-17H,1,7-8,13-15H2,2H3. The van der Waals surface area contributed by atoms with E-state index in [1.165, 1.54) is 21.7 Å². The van der Waals surface area contributed by atoms with Gasteiger partial charge >= 0.3 is 0 Å². The molecule has 0 radical (unpaired) electrons. The third-order valence-electron chi connectivity index (χ3n) is 5.49. The Bertz CT molecular complexity index is 1230. The maximum atomic E-state index is 13.5. The average Bonchev–Trinajstić information content (AvgIpc) is 3.51. The van der Waals surface area contributed by atoms with Crippen molar-refractivity contribution in [2.45, 2.75) is 24.7 Å². The second-order valence-corrected chi connectivity index (χ2v) is 10.4. The molecule has 1 amide bonds. The van der Waals surface area contributed by atoms with Crippen LogP contribution >= 0.6 is 11.3 Å². The smallest absolute Gasteiger partial charge is 0.260 e. The van der Waals surface area contributed by atoms with Gasteiger partial charge in [0.1, 0.15) is 0 Å². The third kappa shape index (κ3) is 4.39. The van der Waals surface area contributed by atoms with Gasteiger partial charge in [0.15, 0.2) is 5.13 Å². The van der Waals surface area contributed by atoms with Crippen molar-refractivity contribution in [1.29, 1.82) is 0 Å². The molecule has 0 aliphatic carbocycles. The Balaban J connectivity index is 1.68. The summed E-state index contributed by atoms with van der Waals surface area (Å²) in [4.78, 5) is 19.9. The lowest BCUT2D eigenvalue weighted by atomic mass is 10.1. The lowest BCUT2D eigenvalue weighted by molar-refractivity contribution is 0.0989. The van der Waals surface area contributed by atoms with E-state index in [-0.39, 0.29) is 17.3 Å². The van der Waals surface area contributed by atoms with Crippen LogP contribution in [0.2, 0.25) is 0 Å². The monoisotopic (exact) mass is 467 g/mol. The van der Waals surface area contributed by atoms with Crippen LogP contribution in [0.25, 0.3) is 11.3 Å². The van der Waals surface area contributed by atoms with Gasteiger partial charge in [-0.25, -0.2) is 13.4 Å². The maximum absolute atomic E-state index is 13.5. The number of carbonyl (C=O) groups is 1. The molecule has 1 aliphatic rings. The van der Waals surface area contributed by atoms with Crippen LogP contribution in [-0.2, 0) is 10.0 Å². The average molecular weight is 468 g/mol. The molecule has 0 N–H and O–H groups in total. The number of nitrogens with zero attached hydrogens (tertiary/aromatic N) is 3. The van der Waals surface area contributed by atoms with Gasteiger partial charge in [-0.2, -0.15) is 4.31 Å². The number of amides is 1. The van der Waals surface area contributed by atoms with Crippen LogP contribution in [0.5, 0.6) is 0 Å². The van der Waals surface area contributed by atoms with Crippen molar-refractivity contribution in [2.75, 3.05) is 24.5 Å². The van der Waals surface area contributed by atoms with Crippen molar-refractivity contribution in [2.24, 2.45) is 0 Å². The Morgan fingerprint density at radius 3 is 2.59 bits per heavy atom. The number of aryl methyl sites for hydroxylation is 1. The molecule has 0 unspecified atom stereocenters. The molecule has 0 spiro atoms. The minimum Gasteiger partial charge on any atom is -0.280 e. The van der Waals surface area contributed by atoms with E-state index in [0.29, 0.717) is 29.3 Å². The van der Waals surface area contributed by atoms with Crippen LogP contribution in [-0.4, -0.2) is 43.2 Å². The summed E-state index contributed by atoms with van der Waals surface area (Å²) >= 11 is 1.37. The van der Waals surface area contributed by atoms with Gasteiger partial charge in [0, 0.05) is 36.1 Å². The Morgan fingerprint density at radius 1 is 1.19 bits per heavy atom. The zero-order valence-corrected chi connectivity index (χ0v) is 19.5. The molecule has 1 saturated heterocycles. The molecule has 4 rings (SSSR count). The molecular weight excluding hydrogens is 442 g/mol. The molecule has 3 aromatic rings. The van der Waals surface area contributed by atoms with Gasteiger partial charge < -0.3 is 0 Å². The Morgan fingerprint density at radius 2 is 1.91 bits per heavy atom. The highest BCUT2D eigenvalue weighted by Crippen LogP contribution is 2.30. The number of anilines is 1. The Labute approximate surface area is 192 Å². The molecule has 6 nitrogen and oxygen atoms in total. The molecule has 0 saturated carbocycles. The quantitative estimate of drug-likeness (QED) is 0.471. The fourth-order valence-corrected chi connectivity index (χ4v) is 6.11. The SMILES string of the molecule is C=CCN(C(=O)c1cc(S(=O)(=O)N2CCCC2)ccc1C)c1nc(-c2ccccc2)cs1. The second kappa shape index (κ2) is 9.36. The van der Waals surface area contributed by atoms with Crippen LogP contribution < -0.4 is 4.90 Å². The first-order chi connectivity index (χ1) is 15.4. The summed E-state index contributed by atoms with van der Waals surface area (Å²) in [7, 11) is -3.62. The van der Waals surface area contributed by atoms with Crippen LogP contribution in [0.15, 0.2) is 71.5 Å². The molecule has 1 fully saturated rings. The van der Waals surface area contributed by atoms with E-state index in [9.17, 15) is 13.2 Å². The zero-order valence-electron chi connectivity index (χ0n) is 17.9. The summed E-state index contributed by atoms with van der Waals surface area (Å²) in [5.74, 6) is -0.296. The number of hydrogen-bond donors (Lipinski definition) is 0. The molecule has 166 valence electrons. The van der Waals surface area contributed by atoms with Gasteiger partial charge in [-0.15, -0.1) is 17.9 Å². The van der Waals surface area contributed by atoms with Gasteiger partial charge in [0.05, 0.1) is 10.6 Å². The molecule has 0 bridgehead atoms. The minimum absolute atomic E-state index is 0.149. The van der Waals surface area contributed by atoms with Crippen LogP contribution in [0.4, 0.5) is 5.13 Å². The van der Waals surface area contributed by atoms with E-state index in [2.05, 4.69) is 11.6 Å². The number of sulfonamides is 1. The third-order valence-corrected chi connectivity index (χ3v) is 8.25. The maximum Gasteiger partial charge on any atom is 0.260 e. The van der Waals surface area contributed by atoms with Crippen molar-refractivity contribution in [3.05, 3.63) is 77.7 Å². The summed E-state index contributed by atoms with van der Waals surface area (Å²) in [5.41, 5.74) is 2.82. The Hall–Kier alpha value is -2.81. The molecule has 2 aromatic carbocycles. The predicted molar refractivity (Wildman–Crippen MR) is 129 cm³/mol. The molecule has 8 heteroatoms. The van der Waals surface area contributed by atoms with Crippen LogP contribution in [0.1, 0.15) is 28.8 Å². The number of rotatable bonds is 7.